The Kier molecular flexibility index (Phi) is 5.56. The Bertz CT molecular complexity index is 743. The molecule has 0 aromatic heterocycles. The number of rotatable bonds is 5. The lowest BCUT2D eigenvalue weighted by atomic mass is 10.1. The Balaban J connectivity index is 1.96. The lowest BCUT2D eigenvalue weighted by Crippen LogP contribution is -2.32. The molecule has 2 aromatic rings. The summed E-state index contributed by atoms with van der Waals surface area (Å²) in [5.41, 5.74) is 3.29. The number of nitrogens with one attached hydrogen (secondary N) is 2. The van der Waals surface area contributed by atoms with Gasteiger partial charge >= 0.3 is 6.36 Å². The molecule has 2 N–H and O–H groups in total. The molecule has 25 heavy (non-hydrogen) atoms. The zero-order chi connectivity index (χ0) is 18.6. The summed E-state index contributed by atoms with van der Waals surface area (Å²) in [4.78, 5) is 12.3. The highest BCUT2D eigenvalue weighted by molar-refractivity contribution is 5.96. The number of amides is 1. The van der Waals surface area contributed by atoms with E-state index >= 15 is 0 Å². The molecule has 0 aliphatic heterocycles. The number of anilines is 2. The second-order valence-corrected chi connectivity index (χ2v) is 5.75. The lowest BCUT2D eigenvalue weighted by Gasteiger charge is -2.17. The summed E-state index contributed by atoms with van der Waals surface area (Å²) in [6, 6.07) is 10.3. The first-order chi connectivity index (χ1) is 11.6. The molecule has 2 rings (SSSR count). The maximum atomic E-state index is 12.3. The van der Waals surface area contributed by atoms with Crippen molar-refractivity contribution < 1.29 is 22.7 Å². The summed E-state index contributed by atoms with van der Waals surface area (Å²) >= 11 is 0. The summed E-state index contributed by atoms with van der Waals surface area (Å²) in [6.07, 6.45) is -4.73. The van der Waals surface area contributed by atoms with Crippen molar-refractivity contribution in [1.82, 2.24) is 0 Å². The van der Waals surface area contributed by atoms with Crippen molar-refractivity contribution in [2.75, 3.05) is 10.6 Å². The van der Waals surface area contributed by atoms with Crippen LogP contribution in [0.3, 0.4) is 0 Å². The van der Waals surface area contributed by atoms with Crippen LogP contribution in [0.2, 0.25) is 0 Å². The van der Waals surface area contributed by atoms with Crippen molar-refractivity contribution in [2.24, 2.45) is 0 Å². The van der Waals surface area contributed by atoms with Gasteiger partial charge in [0.25, 0.3) is 0 Å². The summed E-state index contributed by atoms with van der Waals surface area (Å²) < 4.78 is 40.2. The van der Waals surface area contributed by atoms with Crippen LogP contribution < -0.4 is 15.4 Å². The Morgan fingerprint density at radius 1 is 1.08 bits per heavy atom. The maximum Gasteiger partial charge on any atom is 0.573 e. The molecule has 0 aliphatic rings. The SMILES string of the molecule is Cc1ccc(NC(=O)C(C)Nc2ccc(OC(F)(F)F)cc2)c(C)c1. The van der Waals surface area contributed by atoms with Gasteiger partial charge in [0.15, 0.2) is 0 Å². The van der Waals surface area contributed by atoms with Crippen molar-refractivity contribution in [3.8, 4) is 5.75 Å². The second-order valence-electron chi connectivity index (χ2n) is 5.75. The van der Waals surface area contributed by atoms with Gasteiger partial charge in [-0.05, 0) is 56.7 Å². The number of halogens is 3. The first-order valence-corrected chi connectivity index (χ1v) is 7.64. The van der Waals surface area contributed by atoms with E-state index in [1.165, 1.54) is 24.3 Å². The first kappa shape index (κ1) is 18.6. The number of carbonyl (C=O) groups excluding carboxylic acids is 1. The fourth-order valence-corrected chi connectivity index (χ4v) is 2.26. The van der Waals surface area contributed by atoms with E-state index in [1.54, 1.807) is 6.92 Å². The Hall–Kier alpha value is -2.70. The predicted octanol–water partition coefficient (Wildman–Crippen LogP) is 4.64. The Morgan fingerprint density at radius 2 is 1.72 bits per heavy atom. The van der Waals surface area contributed by atoms with Crippen LogP contribution in [0.5, 0.6) is 5.75 Å². The molecule has 1 unspecified atom stereocenters. The van der Waals surface area contributed by atoms with Gasteiger partial charge in [0, 0.05) is 11.4 Å². The van der Waals surface area contributed by atoms with E-state index in [9.17, 15) is 18.0 Å². The van der Waals surface area contributed by atoms with Gasteiger partial charge in [0.2, 0.25) is 5.91 Å². The van der Waals surface area contributed by atoms with Crippen LogP contribution in [0, 0.1) is 13.8 Å². The zero-order valence-corrected chi connectivity index (χ0v) is 14.1. The molecule has 0 radical (unpaired) electrons. The van der Waals surface area contributed by atoms with Crippen LogP contribution in [0.1, 0.15) is 18.1 Å². The maximum absolute atomic E-state index is 12.3. The molecule has 134 valence electrons. The van der Waals surface area contributed by atoms with Crippen LogP contribution in [0.15, 0.2) is 42.5 Å². The number of ether oxygens (including phenoxy) is 1. The van der Waals surface area contributed by atoms with Crippen LogP contribution >= 0.6 is 0 Å². The molecule has 0 fully saturated rings. The van der Waals surface area contributed by atoms with E-state index in [2.05, 4.69) is 15.4 Å². The molecule has 0 heterocycles. The molecular formula is C18H19F3N2O2. The first-order valence-electron chi connectivity index (χ1n) is 7.64. The Morgan fingerprint density at radius 3 is 2.28 bits per heavy atom. The highest BCUT2D eigenvalue weighted by Gasteiger charge is 2.31. The molecule has 0 aliphatic carbocycles. The van der Waals surface area contributed by atoms with E-state index in [1.807, 2.05) is 32.0 Å². The van der Waals surface area contributed by atoms with E-state index in [0.717, 1.165) is 16.8 Å². The summed E-state index contributed by atoms with van der Waals surface area (Å²) in [6.45, 7) is 5.54. The normalized spacial score (nSPS) is 12.4. The molecule has 0 bridgehead atoms. The molecule has 4 nitrogen and oxygen atoms in total. The molecular weight excluding hydrogens is 333 g/mol. The average Bonchev–Trinajstić information content (AvgIpc) is 2.50. The third-order valence-electron chi connectivity index (χ3n) is 3.50. The van der Waals surface area contributed by atoms with Crippen LogP contribution in [0.4, 0.5) is 24.5 Å². The summed E-state index contributed by atoms with van der Waals surface area (Å²) in [5.74, 6) is -0.562. The minimum atomic E-state index is -4.73. The molecule has 0 spiro atoms. The van der Waals surface area contributed by atoms with Gasteiger partial charge in [0.1, 0.15) is 11.8 Å². The number of benzene rings is 2. The van der Waals surface area contributed by atoms with E-state index < -0.39 is 12.4 Å². The van der Waals surface area contributed by atoms with Crippen molar-refractivity contribution >= 4 is 17.3 Å². The van der Waals surface area contributed by atoms with E-state index in [4.69, 9.17) is 0 Å². The fraction of sp³-hybridized carbons (Fsp3) is 0.278. The number of hydrogen-bond acceptors (Lipinski definition) is 3. The highest BCUT2D eigenvalue weighted by Crippen LogP contribution is 2.24. The van der Waals surface area contributed by atoms with Crippen molar-refractivity contribution in [2.45, 2.75) is 33.2 Å². The van der Waals surface area contributed by atoms with Gasteiger partial charge in [-0.15, -0.1) is 13.2 Å². The number of carbonyl (C=O) groups is 1. The monoisotopic (exact) mass is 352 g/mol. The number of aryl methyl sites for hydroxylation is 2. The smallest absolute Gasteiger partial charge is 0.406 e. The largest absolute Gasteiger partial charge is 0.573 e. The van der Waals surface area contributed by atoms with Gasteiger partial charge in [-0.1, -0.05) is 17.7 Å². The van der Waals surface area contributed by atoms with Crippen LogP contribution in [-0.4, -0.2) is 18.3 Å². The van der Waals surface area contributed by atoms with Crippen LogP contribution in [0.25, 0.3) is 0 Å². The van der Waals surface area contributed by atoms with Gasteiger partial charge in [0.05, 0.1) is 0 Å². The van der Waals surface area contributed by atoms with Gasteiger partial charge in [-0.3, -0.25) is 4.79 Å². The highest BCUT2D eigenvalue weighted by atomic mass is 19.4. The number of hydrogen-bond donors (Lipinski definition) is 2. The van der Waals surface area contributed by atoms with Crippen molar-refractivity contribution in [3.63, 3.8) is 0 Å². The lowest BCUT2D eigenvalue weighted by molar-refractivity contribution is -0.274. The second kappa shape index (κ2) is 7.46. The van der Waals surface area contributed by atoms with Gasteiger partial charge < -0.3 is 15.4 Å². The molecule has 1 amide bonds. The standard InChI is InChI=1S/C18H19F3N2O2/c1-11-4-9-16(12(2)10-11)23-17(24)13(3)22-14-5-7-15(8-6-14)25-18(19,20)21/h4-10,13,22H,1-3H3,(H,23,24). The summed E-state index contributed by atoms with van der Waals surface area (Å²) in [7, 11) is 0. The van der Waals surface area contributed by atoms with E-state index in [0.29, 0.717) is 5.69 Å². The minimum absolute atomic E-state index is 0.248. The van der Waals surface area contributed by atoms with Crippen LogP contribution in [-0.2, 0) is 4.79 Å². The zero-order valence-electron chi connectivity index (χ0n) is 14.1. The van der Waals surface area contributed by atoms with Gasteiger partial charge in [-0.2, -0.15) is 0 Å². The molecule has 0 saturated carbocycles. The average molecular weight is 352 g/mol. The summed E-state index contributed by atoms with van der Waals surface area (Å²) in [5, 5.41) is 5.76. The molecule has 0 saturated heterocycles. The molecule has 1 atom stereocenters. The minimum Gasteiger partial charge on any atom is -0.406 e. The number of alkyl halides is 3. The van der Waals surface area contributed by atoms with Crippen molar-refractivity contribution in [3.05, 3.63) is 53.6 Å². The topological polar surface area (TPSA) is 50.4 Å². The third kappa shape index (κ3) is 5.70. The predicted molar refractivity (Wildman–Crippen MR) is 90.8 cm³/mol. The van der Waals surface area contributed by atoms with E-state index in [-0.39, 0.29) is 11.7 Å². The molecule has 7 heteroatoms. The van der Waals surface area contributed by atoms with Gasteiger partial charge in [-0.25, -0.2) is 0 Å². The van der Waals surface area contributed by atoms with Crippen molar-refractivity contribution in [1.29, 1.82) is 0 Å². The Labute approximate surface area is 144 Å². The third-order valence-corrected chi connectivity index (χ3v) is 3.50. The fourth-order valence-electron chi connectivity index (χ4n) is 2.26. The quantitative estimate of drug-likeness (QED) is 0.824. The molecule has 2 aromatic carbocycles.